The van der Waals surface area contributed by atoms with E-state index in [1.54, 1.807) is 40.3 Å². The third kappa shape index (κ3) is 6.93. The molecule has 1 N–H and O–H groups in total. The maximum absolute atomic E-state index is 12.5. The summed E-state index contributed by atoms with van der Waals surface area (Å²) in [5.41, 5.74) is 1.28. The molecule has 2 rings (SSSR count). The largest absolute Gasteiger partial charge is 0.351 e. The van der Waals surface area contributed by atoms with Crippen molar-refractivity contribution in [3.8, 4) is 0 Å². The van der Waals surface area contributed by atoms with E-state index in [0.29, 0.717) is 25.2 Å². The molecule has 1 aliphatic heterocycles. The number of rotatable bonds is 7. The van der Waals surface area contributed by atoms with Crippen LogP contribution in [0.25, 0.3) is 0 Å². The Bertz CT molecular complexity index is 688. The number of sulfonamides is 1. The van der Waals surface area contributed by atoms with Gasteiger partial charge in [0.25, 0.3) is 5.91 Å². The zero-order valence-electron chi connectivity index (χ0n) is 16.0. The Labute approximate surface area is 162 Å². The highest BCUT2D eigenvalue weighted by Gasteiger charge is 2.24. The predicted octanol–water partition coefficient (Wildman–Crippen LogP) is 3.26. The maximum Gasteiger partial charge on any atom is 0.251 e. The summed E-state index contributed by atoms with van der Waals surface area (Å²) < 4.78 is 26.7. The van der Waals surface area contributed by atoms with Gasteiger partial charge < -0.3 is 5.32 Å². The third-order valence-electron chi connectivity index (χ3n) is 4.20. The summed E-state index contributed by atoms with van der Waals surface area (Å²) in [5.74, 6) is 0.739. The molecule has 1 aliphatic rings. The van der Waals surface area contributed by atoms with Gasteiger partial charge in [0.1, 0.15) is 0 Å². The Morgan fingerprint density at radius 3 is 2.31 bits per heavy atom. The molecular weight excluding hydrogens is 368 g/mol. The van der Waals surface area contributed by atoms with E-state index >= 15 is 0 Å². The average molecular weight is 399 g/mol. The average Bonchev–Trinajstić information content (AvgIpc) is 2.59. The maximum atomic E-state index is 12.5. The highest BCUT2D eigenvalue weighted by molar-refractivity contribution is 8.00. The molecule has 26 heavy (non-hydrogen) atoms. The number of nitrogens with one attached hydrogen (secondary N) is 1. The van der Waals surface area contributed by atoms with Crippen molar-refractivity contribution in [2.24, 2.45) is 0 Å². The van der Waals surface area contributed by atoms with Gasteiger partial charge in [0.15, 0.2) is 0 Å². The number of hydrogen-bond acceptors (Lipinski definition) is 4. The first-order valence-electron chi connectivity index (χ1n) is 9.16. The van der Waals surface area contributed by atoms with Crippen LogP contribution in [-0.4, -0.2) is 48.8 Å². The minimum atomic E-state index is -3.27. The van der Waals surface area contributed by atoms with E-state index < -0.39 is 10.0 Å². The second-order valence-electron chi connectivity index (χ2n) is 7.63. The summed E-state index contributed by atoms with van der Waals surface area (Å²) in [6.07, 6.45) is 2.97. The van der Waals surface area contributed by atoms with E-state index in [2.05, 4.69) is 26.1 Å². The van der Waals surface area contributed by atoms with Crippen molar-refractivity contribution in [1.82, 2.24) is 9.62 Å². The van der Waals surface area contributed by atoms with Crippen molar-refractivity contribution >= 4 is 27.7 Å². The number of piperidine rings is 1. The van der Waals surface area contributed by atoms with Crippen LogP contribution in [-0.2, 0) is 15.8 Å². The van der Waals surface area contributed by atoms with E-state index in [0.717, 1.165) is 30.6 Å². The fraction of sp³-hybridized carbons (Fsp3) is 0.632. The molecule has 0 atom stereocenters. The van der Waals surface area contributed by atoms with Crippen LogP contribution in [0.1, 0.15) is 56.0 Å². The van der Waals surface area contributed by atoms with E-state index in [9.17, 15) is 13.2 Å². The molecule has 1 amide bonds. The molecule has 0 saturated carbocycles. The summed E-state index contributed by atoms with van der Waals surface area (Å²) in [6.45, 7) is 8.30. The molecule has 5 nitrogen and oxygen atoms in total. The zero-order chi connectivity index (χ0) is 19.2. The summed E-state index contributed by atoms with van der Waals surface area (Å²) in [6, 6.07) is 6.88. The molecule has 1 fully saturated rings. The normalized spacial score (nSPS) is 16.4. The minimum Gasteiger partial charge on any atom is -0.351 e. The van der Waals surface area contributed by atoms with Crippen molar-refractivity contribution in [3.63, 3.8) is 0 Å². The first-order valence-corrected chi connectivity index (χ1v) is 11.8. The van der Waals surface area contributed by atoms with Gasteiger partial charge in [0.05, 0.1) is 5.75 Å². The SMILES string of the molecule is CC(C)(C)SCCNC(=O)c1ccc(CS(=O)(=O)N2CCCCC2)cc1. The zero-order valence-corrected chi connectivity index (χ0v) is 17.6. The molecule has 1 aromatic rings. The third-order valence-corrected chi connectivity index (χ3v) is 7.32. The van der Waals surface area contributed by atoms with Gasteiger partial charge in [-0.05, 0) is 30.5 Å². The molecular formula is C19H30N2O3S2. The molecule has 1 aromatic carbocycles. The lowest BCUT2D eigenvalue weighted by Crippen LogP contribution is -2.36. The number of nitrogens with zero attached hydrogens (tertiary/aromatic N) is 1. The standard InChI is InChI=1S/C19H30N2O3S2/c1-19(2,3)25-14-11-20-18(22)17-9-7-16(8-10-17)15-26(23,24)21-12-5-4-6-13-21/h7-10H,4-6,11-15H2,1-3H3,(H,20,22). The molecule has 0 aromatic heterocycles. The van der Waals surface area contributed by atoms with Gasteiger partial charge in [0.2, 0.25) is 10.0 Å². The second-order valence-corrected chi connectivity index (χ2v) is 11.5. The fourth-order valence-corrected chi connectivity index (χ4v) is 5.25. The van der Waals surface area contributed by atoms with Gasteiger partial charge in [-0.15, -0.1) is 0 Å². The molecule has 146 valence electrons. The van der Waals surface area contributed by atoms with Crippen LogP contribution >= 0.6 is 11.8 Å². The van der Waals surface area contributed by atoms with Gasteiger partial charge in [-0.1, -0.05) is 39.3 Å². The highest BCUT2D eigenvalue weighted by Crippen LogP contribution is 2.22. The van der Waals surface area contributed by atoms with Gasteiger partial charge in [-0.3, -0.25) is 4.79 Å². The summed E-state index contributed by atoms with van der Waals surface area (Å²) in [4.78, 5) is 12.2. The first-order chi connectivity index (χ1) is 12.2. The molecule has 7 heteroatoms. The van der Waals surface area contributed by atoms with Crippen molar-refractivity contribution in [1.29, 1.82) is 0 Å². The molecule has 1 saturated heterocycles. The molecule has 0 bridgehead atoms. The number of thioether (sulfide) groups is 1. The fourth-order valence-electron chi connectivity index (χ4n) is 2.82. The van der Waals surface area contributed by atoms with Crippen molar-refractivity contribution < 1.29 is 13.2 Å². The number of hydrogen-bond donors (Lipinski definition) is 1. The number of carbonyl (C=O) groups excluding carboxylic acids is 1. The minimum absolute atomic E-state index is 0.00286. The van der Waals surface area contributed by atoms with E-state index in [1.165, 1.54) is 0 Å². The highest BCUT2D eigenvalue weighted by atomic mass is 32.2. The number of carbonyl (C=O) groups is 1. The van der Waals surface area contributed by atoms with Gasteiger partial charge >= 0.3 is 0 Å². The Balaban J connectivity index is 1.86. The molecule has 0 radical (unpaired) electrons. The predicted molar refractivity (Wildman–Crippen MR) is 109 cm³/mol. The van der Waals surface area contributed by atoms with Crippen LogP contribution in [0.5, 0.6) is 0 Å². The van der Waals surface area contributed by atoms with Crippen molar-refractivity contribution in [2.75, 3.05) is 25.4 Å². The van der Waals surface area contributed by atoms with Crippen LogP contribution in [0.2, 0.25) is 0 Å². The van der Waals surface area contributed by atoms with Crippen molar-refractivity contribution in [3.05, 3.63) is 35.4 Å². The van der Waals surface area contributed by atoms with Crippen LogP contribution in [0.3, 0.4) is 0 Å². The molecule has 0 spiro atoms. The molecule has 1 heterocycles. The topological polar surface area (TPSA) is 66.5 Å². The Kier molecular flexibility index (Phi) is 7.55. The van der Waals surface area contributed by atoms with E-state index in [-0.39, 0.29) is 16.4 Å². The number of benzene rings is 1. The quantitative estimate of drug-likeness (QED) is 0.716. The lowest BCUT2D eigenvalue weighted by Gasteiger charge is -2.25. The van der Waals surface area contributed by atoms with Crippen LogP contribution < -0.4 is 5.32 Å². The Morgan fingerprint density at radius 1 is 1.12 bits per heavy atom. The smallest absolute Gasteiger partial charge is 0.251 e. The second kappa shape index (κ2) is 9.24. The van der Waals surface area contributed by atoms with Crippen molar-refractivity contribution in [2.45, 2.75) is 50.5 Å². The van der Waals surface area contributed by atoms with E-state index in [1.807, 2.05) is 0 Å². The van der Waals surface area contributed by atoms with Gasteiger partial charge in [-0.2, -0.15) is 11.8 Å². The summed E-state index contributed by atoms with van der Waals surface area (Å²) >= 11 is 1.81. The Morgan fingerprint density at radius 2 is 1.73 bits per heavy atom. The van der Waals surface area contributed by atoms with E-state index in [4.69, 9.17) is 0 Å². The number of amides is 1. The van der Waals surface area contributed by atoms with Gasteiger partial charge in [0, 0.05) is 35.7 Å². The molecule has 0 unspecified atom stereocenters. The summed E-state index contributed by atoms with van der Waals surface area (Å²) in [5, 5.41) is 2.90. The lowest BCUT2D eigenvalue weighted by molar-refractivity contribution is 0.0956. The van der Waals surface area contributed by atoms with Crippen LogP contribution in [0.4, 0.5) is 0 Å². The first kappa shape index (κ1) is 21.3. The van der Waals surface area contributed by atoms with Crippen LogP contribution in [0.15, 0.2) is 24.3 Å². The van der Waals surface area contributed by atoms with Gasteiger partial charge in [-0.25, -0.2) is 12.7 Å². The lowest BCUT2D eigenvalue weighted by atomic mass is 10.1. The summed E-state index contributed by atoms with van der Waals surface area (Å²) in [7, 11) is -3.27. The molecule has 0 aliphatic carbocycles. The monoisotopic (exact) mass is 398 g/mol. The Hall–Kier alpha value is -1.05. The van der Waals surface area contributed by atoms with Crippen LogP contribution in [0, 0.1) is 0 Å².